The fraction of sp³-hybridized carbons (Fsp3) is 0.562. The number of carbonyl (C=O) groups is 1. The van der Waals surface area contributed by atoms with Crippen LogP contribution < -0.4 is 5.32 Å². The van der Waals surface area contributed by atoms with Crippen LogP contribution in [0.5, 0.6) is 0 Å². The number of benzene rings is 1. The molecule has 1 N–H and O–H groups in total. The quantitative estimate of drug-likeness (QED) is 0.921. The largest absolute Gasteiger partial charge is 0.341 e. The van der Waals surface area contributed by atoms with E-state index in [1.165, 1.54) is 6.07 Å². The van der Waals surface area contributed by atoms with Gasteiger partial charge in [-0.15, -0.1) is 0 Å². The SMILES string of the molecule is Cc1cc(C(C)CC(=O)N2CCCNCC2)ccc1F. The second kappa shape index (κ2) is 6.84. The summed E-state index contributed by atoms with van der Waals surface area (Å²) in [4.78, 5) is 14.2. The molecule has 110 valence electrons. The summed E-state index contributed by atoms with van der Waals surface area (Å²) in [6, 6.07) is 5.11. The summed E-state index contributed by atoms with van der Waals surface area (Å²) < 4.78 is 13.3. The highest BCUT2D eigenvalue weighted by molar-refractivity contribution is 5.77. The number of nitrogens with one attached hydrogen (secondary N) is 1. The van der Waals surface area contributed by atoms with Crippen molar-refractivity contribution in [3.63, 3.8) is 0 Å². The van der Waals surface area contributed by atoms with Crippen LogP contribution in [-0.4, -0.2) is 37.0 Å². The maximum absolute atomic E-state index is 13.3. The average molecular weight is 278 g/mol. The van der Waals surface area contributed by atoms with Crippen LogP contribution >= 0.6 is 0 Å². The molecular weight excluding hydrogens is 255 g/mol. The van der Waals surface area contributed by atoms with E-state index in [0.29, 0.717) is 12.0 Å². The predicted octanol–water partition coefficient (Wildman–Crippen LogP) is 2.45. The van der Waals surface area contributed by atoms with E-state index in [4.69, 9.17) is 0 Å². The number of carbonyl (C=O) groups excluding carboxylic acids is 1. The number of nitrogens with zero attached hydrogens (tertiary/aromatic N) is 1. The van der Waals surface area contributed by atoms with Gasteiger partial charge in [0, 0.05) is 26.1 Å². The van der Waals surface area contributed by atoms with Gasteiger partial charge in [0.05, 0.1) is 0 Å². The molecule has 1 amide bonds. The molecule has 1 aliphatic rings. The molecule has 3 nitrogen and oxygen atoms in total. The molecular formula is C16H23FN2O. The number of aryl methyl sites for hydroxylation is 1. The fourth-order valence-corrected chi connectivity index (χ4v) is 2.58. The molecule has 0 radical (unpaired) electrons. The zero-order chi connectivity index (χ0) is 14.5. The molecule has 0 spiro atoms. The molecule has 4 heteroatoms. The Kier molecular flexibility index (Phi) is 5.12. The third-order valence-electron chi connectivity index (χ3n) is 3.92. The summed E-state index contributed by atoms with van der Waals surface area (Å²) >= 11 is 0. The Bertz CT molecular complexity index is 468. The molecule has 1 aromatic rings. The summed E-state index contributed by atoms with van der Waals surface area (Å²) in [5.41, 5.74) is 1.67. The Balaban J connectivity index is 1.97. The third-order valence-corrected chi connectivity index (χ3v) is 3.92. The minimum absolute atomic E-state index is 0.123. The number of hydrogen-bond acceptors (Lipinski definition) is 2. The second-order valence-electron chi connectivity index (χ2n) is 5.60. The van der Waals surface area contributed by atoms with Crippen molar-refractivity contribution in [2.75, 3.05) is 26.2 Å². The lowest BCUT2D eigenvalue weighted by atomic mass is 9.95. The second-order valence-corrected chi connectivity index (χ2v) is 5.60. The molecule has 1 aliphatic heterocycles. The van der Waals surface area contributed by atoms with E-state index < -0.39 is 0 Å². The van der Waals surface area contributed by atoms with Crippen molar-refractivity contribution in [3.8, 4) is 0 Å². The van der Waals surface area contributed by atoms with Crippen molar-refractivity contribution in [1.82, 2.24) is 10.2 Å². The molecule has 1 aromatic carbocycles. The molecule has 20 heavy (non-hydrogen) atoms. The van der Waals surface area contributed by atoms with Crippen LogP contribution in [0.3, 0.4) is 0 Å². The highest BCUT2D eigenvalue weighted by Crippen LogP contribution is 2.22. The van der Waals surface area contributed by atoms with Crippen molar-refractivity contribution >= 4 is 5.91 Å². The van der Waals surface area contributed by atoms with Gasteiger partial charge >= 0.3 is 0 Å². The molecule has 1 saturated heterocycles. The first-order chi connectivity index (χ1) is 9.58. The highest BCUT2D eigenvalue weighted by atomic mass is 19.1. The monoisotopic (exact) mass is 278 g/mol. The van der Waals surface area contributed by atoms with E-state index in [0.717, 1.165) is 38.2 Å². The van der Waals surface area contributed by atoms with Gasteiger partial charge in [0.15, 0.2) is 0 Å². The lowest BCUT2D eigenvalue weighted by Crippen LogP contribution is -2.34. The van der Waals surface area contributed by atoms with Gasteiger partial charge in [-0.3, -0.25) is 4.79 Å². The minimum Gasteiger partial charge on any atom is -0.341 e. The fourth-order valence-electron chi connectivity index (χ4n) is 2.58. The summed E-state index contributed by atoms with van der Waals surface area (Å²) in [5.74, 6) is 0.132. The molecule has 0 saturated carbocycles. The summed E-state index contributed by atoms with van der Waals surface area (Å²) in [7, 11) is 0. The van der Waals surface area contributed by atoms with Gasteiger partial charge < -0.3 is 10.2 Å². The van der Waals surface area contributed by atoms with Crippen molar-refractivity contribution in [3.05, 3.63) is 35.1 Å². The van der Waals surface area contributed by atoms with Gasteiger partial charge in [0.25, 0.3) is 0 Å². The van der Waals surface area contributed by atoms with Crippen molar-refractivity contribution in [2.45, 2.75) is 32.6 Å². The van der Waals surface area contributed by atoms with E-state index in [1.807, 2.05) is 17.9 Å². The third kappa shape index (κ3) is 3.79. The summed E-state index contributed by atoms with van der Waals surface area (Å²) in [5, 5.41) is 3.30. The molecule has 2 rings (SSSR count). The van der Waals surface area contributed by atoms with Crippen molar-refractivity contribution in [2.24, 2.45) is 0 Å². The van der Waals surface area contributed by atoms with Gasteiger partial charge in [-0.25, -0.2) is 4.39 Å². The van der Waals surface area contributed by atoms with E-state index >= 15 is 0 Å². The maximum Gasteiger partial charge on any atom is 0.223 e. The van der Waals surface area contributed by atoms with Crippen LogP contribution in [0.25, 0.3) is 0 Å². The first-order valence-corrected chi connectivity index (χ1v) is 7.32. The number of rotatable bonds is 3. The Labute approximate surface area is 120 Å². The van der Waals surface area contributed by atoms with Crippen LogP contribution in [0.1, 0.15) is 36.8 Å². The summed E-state index contributed by atoms with van der Waals surface area (Å²) in [6.07, 6.45) is 1.50. The van der Waals surface area contributed by atoms with Gasteiger partial charge in [-0.05, 0) is 43.0 Å². The predicted molar refractivity (Wildman–Crippen MR) is 78.2 cm³/mol. The van der Waals surface area contributed by atoms with E-state index in [9.17, 15) is 9.18 Å². The van der Waals surface area contributed by atoms with Gasteiger partial charge in [0.2, 0.25) is 5.91 Å². The van der Waals surface area contributed by atoms with Crippen LogP contribution in [0.15, 0.2) is 18.2 Å². The van der Waals surface area contributed by atoms with Crippen LogP contribution in [0.2, 0.25) is 0 Å². The standard InChI is InChI=1S/C16H23FN2O/c1-12(14-4-5-15(17)13(2)10-14)11-16(20)19-8-3-6-18-7-9-19/h4-5,10,12,18H,3,6-9,11H2,1-2H3. The lowest BCUT2D eigenvalue weighted by Gasteiger charge is -2.22. The zero-order valence-electron chi connectivity index (χ0n) is 12.3. The Morgan fingerprint density at radius 3 is 2.95 bits per heavy atom. The smallest absolute Gasteiger partial charge is 0.223 e. The first-order valence-electron chi connectivity index (χ1n) is 7.32. The Morgan fingerprint density at radius 2 is 2.20 bits per heavy atom. The van der Waals surface area contributed by atoms with Crippen LogP contribution in [0.4, 0.5) is 4.39 Å². The van der Waals surface area contributed by atoms with Crippen LogP contribution in [-0.2, 0) is 4.79 Å². The van der Waals surface area contributed by atoms with Crippen molar-refractivity contribution in [1.29, 1.82) is 0 Å². The Morgan fingerprint density at radius 1 is 1.40 bits per heavy atom. The summed E-state index contributed by atoms with van der Waals surface area (Å²) in [6.45, 7) is 7.26. The van der Waals surface area contributed by atoms with Crippen molar-refractivity contribution < 1.29 is 9.18 Å². The van der Waals surface area contributed by atoms with Crippen LogP contribution in [0, 0.1) is 12.7 Å². The normalized spacial score (nSPS) is 17.6. The van der Waals surface area contributed by atoms with E-state index in [1.54, 1.807) is 13.0 Å². The topological polar surface area (TPSA) is 32.3 Å². The minimum atomic E-state index is -0.189. The number of halogens is 1. The van der Waals surface area contributed by atoms with Gasteiger partial charge in [0.1, 0.15) is 5.82 Å². The first kappa shape index (κ1) is 15.0. The molecule has 1 atom stereocenters. The van der Waals surface area contributed by atoms with E-state index in [-0.39, 0.29) is 17.6 Å². The maximum atomic E-state index is 13.3. The molecule has 0 bridgehead atoms. The molecule has 1 unspecified atom stereocenters. The molecule has 0 aliphatic carbocycles. The lowest BCUT2D eigenvalue weighted by molar-refractivity contribution is -0.131. The van der Waals surface area contributed by atoms with Gasteiger partial charge in [-0.2, -0.15) is 0 Å². The number of amides is 1. The zero-order valence-corrected chi connectivity index (χ0v) is 12.3. The highest BCUT2D eigenvalue weighted by Gasteiger charge is 2.19. The molecule has 1 fully saturated rings. The Hall–Kier alpha value is -1.42. The average Bonchev–Trinajstić information content (AvgIpc) is 2.70. The van der Waals surface area contributed by atoms with E-state index in [2.05, 4.69) is 5.32 Å². The molecule has 0 aromatic heterocycles. The molecule has 1 heterocycles. The number of hydrogen-bond donors (Lipinski definition) is 1. The van der Waals surface area contributed by atoms with Gasteiger partial charge in [-0.1, -0.05) is 19.1 Å².